The summed E-state index contributed by atoms with van der Waals surface area (Å²) < 4.78 is 7.27. The second kappa shape index (κ2) is 14.0. The molecule has 1 aromatic carbocycles. The minimum absolute atomic E-state index is 0.136. The lowest BCUT2D eigenvalue weighted by Crippen LogP contribution is -2.45. The number of pyridine rings is 1. The highest BCUT2D eigenvalue weighted by atomic mass is 35.5. The number of fused-ring (bicyclic) bond motifs is 1. The molecule has 2 N–H and O–H groups in total. The van der Waals surface area contributed by atoms with E-state index in [0.29, 0.717) is 23.3 Å². The fourth-order valence-electron chi connectivity index (χ4n) is 4.04. The second-order valence-corrected chi connectivity index (χ2v) is 9.24. The van der Waals surface area contributed by atoms with Crippen LogP contribution in [0.4, 0.5) is 17.5 Å². The molecule has 1 aliphatic rings. The molecule has 3 heterocycles. The number of likely N-dealkylation sites (N-methyl/N-ethyl adjacent to an activating group) is 2. The Balaban J connectivity index is 0.00000195. The Morgan fingerprint density at radius 2 is 1.89 bits per heavy atom. The number of nitrogens with one attached hydrogen (secondary N) is 2. The van der Waals surface area contributed by atoms with Crippen LogP contribution in [0.3, 0.4) is 0 Å². The number of piperazine rings is 1. The van der Waals surface area contributed by atoms with Gasteiger partial charge in [0.1, 0.15) is 5.02 Å². The van der Waals surface area contributed by atoms with Crippen molar-refractivity contribution in [2.45, 2.75) is 40.2 Å². The largest absolute Gasteiger partial charge is 0.478 e. The molecule has 0 atom stereocenters. The summed E-state index contributed by atoms with van der Waals surface area (Å²) in [4.78, 5) is 38.3. The summed E-state index contributed by atoms with van der Waals surface area (Å²) in [5, 5.41) is 7.01. The third kappa shape index (κ3) is 7.14. The number of rotatable bonds is 9. The molecule has 0 radical (unpaired) electrons. The molecule has 1 saturated heterocycles. The molecular formula is C27H38ClN7O3. The molecule has 3 aromatic rings. The van der Waals surface area contributed by atoms with Crippen LogP contribution >= 0.6 is 11.6 Å². The zero-order chi connectivity index (χ0) is 27.7. The van der Waals surface area contributed by atoms with E-state index in [2.05, 4.69) is 44.4 Å². The van der Waals surface area contributed by atoms with Gasteiger partial charge < -0.3 is 29.7 Å². The first kappa shape index (κ1) is 29.2. The average Bonchev–Trinajstić information content (AvgIpc) is 2.94. The molecule has 10 nitrogen and oxygen atoms in total. The Bertz CT molecular complexity index is 1290. The Morgan fingerprint density at radius 1 is 1.16 bits per heavy atom. The van der Waals surface area contributed by atoms with Gasteiger partial charge in [-0.1, -0.05) is 38.8 Å². The number of amides is 1. The molecule has 11 heteroatoms. The van der Waals surface area contributed by atoms with Crippen LogP contribution in [0.25, 0.3) is 10.9 Å². The van der Waals surface area contributed by atoms with Gasteiger partial charge in [0, 0.05) is 50.8 Å². The average molecular weight is 544 g/mol. The van der Waals surface area contributed by atoms with E-state index in [9.17, 15) is 9.59 Å². The monoisotopic (exact) mass is 543 g/mol. The van der Waals surface area contributed by atoms with E-state index in [1.807, 2.05) is 32.0 Å². The standard InChI is InChI=1S/C25H32ClN7O3.C2H6/c1-4-5-8-33-20-7-6-18(13-17(20)14-21(24(33)35)36-16-22(34)27-2)29-23-19(26)15-28-25(30-23)32-11-9-31(3)10-12-32;1-2/h6-7,13-15H,4-5,8-12,16H2,1-3H3,(H,27,34)(H,28,29,30);1-2H3. The normalized spacial score (nSPS) is 13.6. The first-order chi connectivity index (χ1) is 18.4. The first-order valence-corrected chi connectivity index (χ1v) is 13.5. The Kier molecular flexibility index (Phi) is 10.7. The smallest absolute Gasteiger partial charge is 0.293 e. The van der Waals surface area contributed by atoms with E-state index in [0.717, 1.165) is 55.6 Å². The van der Waals surface area contributed by atoms with Crippen LogP contribution in [0.2, 0.25) is 5.02 Å². The number of carbonyl (C=O) groups excluding carboxylic acids is 1. The lowest BCUT2D eigenvalue weighted by atomic mass is 10.1. The quantitative estimate of drug-likeness (QED) is 0.419. The zero-order valence-electron chi connectivity index (χ0n) is 22.9. The number of hydrogen-bond donors (Lipinski definition) is 2. The Hall–Kier alpha value is -3.37. The zero-order valence-corrected chi connectivity index (χ0v) is 23.6. The van der Waals surface area contributed by atoms with Crippen molar-refractivity contribution in [1.29, 1.82) is 0 Å². The van der Waals surface area contributed by atoms with E-state index >= 15 is 0 Å². The molecule has 4 rings (SSSR count). The van der Waals surface area contributed by atoms with Gasteiger partial charge in [-0.3, -0.25) is 9.59 Å². The molecule has 38 heavy (non-hydrogen) atoms. The molecule has 0 saturated carbocycles. The molecule has 0 unspecified atom stereocenters. The lowest BCUT2D eigenvalue weighted by molar-refractivity contribution is -0.122. The predicted molar refractivity (Wildman–Crippen MR) is 154 cm³/mol. The SMILES string of the molecule is CC.CCCCn1c(=O)c(OCC(=O)NC)cc2cc(Nc3nc(N4CCN(C)CC4)ncc3Cl)ccc21. The number of benzene rings is 1. The summed E-state index contributed by atoms with van der Waals surface area (Å²) >= 11 is 6.42. The van der Waals surface area contributed by atoms with E-state index < -0.39 is 0 Å². The topological polar surface area (TPSA) is 105 Å². The molecule has 1 amide bonds. The van der Waals surface area contributed by atoms with Gasteiger partial charge in [-0.25, -0.2) is 4.98 Å². The second-order valence-electron chi connectivity index (χ2n) is 8.84. The van der Waals surface area contributed by atoms with E-state index in [4.69, 9.17) is 16.3 Å². The molecule has 2 aromatic heterocycles. The third-order valence-corrected chi connectivity index (χ3v) is 6.49. The fraction of sp³-hybridized carbons (Fsp3) is 0.481. The van der Waals surface area contributed by atoms with E-state index in [-0.39, 0.29) is 23.8 Å². The van der Waals surface area contributed by atoms with Crippen molar-refractivity contribution in [1.82, 2.24) is 24.8 Å². The van der Waals surface area contributed by atoms with Crippen molar-refractivity contribution in [3.8, 4) is 5.75 Å². The molecule has 1 aliphatic heterocycles. The molecule has 0 aliphatic carbocycles. The van der Waals surface area contributed by atoms with Gasteiger partial charge in [0.25, 0.3) is 11.5 Å². The highest BCUT2D eigenvalue weighted by molar-refractivity contribution is 6.32. The molecule has 1 fully saturated rings. The van der Waals surface area contributed by atoms with Crippen LogP contribution in [0.5, 0.6) is 5.75 Å². The van der Waals surface area contributed by atoms with Crippen LogP contribution in [-0.2, 0) is 11.3 Å². The van der Waals surface area contributed by atoms with Crippen LogP contribution in [0.15, 0.2) is 35.3 Å². The van der Waals surface area contributed by atoms with Crippen molar-refractivity contribution in [3.05, 3.63) is 45.8 Å². The summed E-state index contributed by atoms with van der Waals surface area (Å²) in [7, 11) is 3.63. The molecular weight excluding hydrogens is 506 g/mol. The summed E-state index contributed by atoms with van der Waals surface area (Å²) in [6.45, 7) is 10.00. The minimum atomic E-state index is -0.306. The number of hydrogen-bond acceptors (Lipinski definition) is 8. The van der Waals surface area contributed by atoms with Gasteiger partial charge in [-0.2, -0.15) is 4.98 Å². The maximum Gasteiger partial charge on any atom is 0.293 e. The highest BCUT2D eigenvalue weighted by Gasteiger charge is 2.18. The van der Waals surface area contributed by atoms with Crippen LogP contribution < -0.4 is 25.8 Å². The number of aryl methyl sites for hydroxylation is 1. The number of unbranched alkanes of at least 4 members (excludes halogenated alkanes) is 1. The van der Waals surface area contributed by atoms with Crippen LogP contribution in [0, 0.1) is 0 Å². The maximum atomic E-state index is 13.1. The summed E-state index contributed by atoms with van der Waals surface area (Å²) in [5.41, 5.74) is 1.29. The Labute approximate surface area is 229 Å². The number of halogens is 1. The Morgan fingerprint density at radius 3 is 2.58 bits per heavy atom. The maximum absolute atomic E-state index is 13.1. The van der Waals surface area contributed by atoms with Crippen molar-refractivity contribution < 1.29 is 9.53 Å². The number of anilines is 3. The van der Waals surface area contributed by atoms with Gasteiger partial charge in [-0.05, 0) is 37.7 Å². The van der Waals surface area contributed by atoms with Crippen molar-refractivity contribution in [2.24, 2.45) is 0 Å². The van der Waals surface area contributed by atoms with Gasteiger partial charge >= 0.3 is 0 Å². The molecule has 0 bridgehead atoms. The van der Waals surface area contributed by atoms with Gasteiger partial charge in [0.15, 0.2) is 18.2 Å². The fourth-order valence-corrected chi connectivity index (χ4v) is 4.18. The summed E-state index contributed by atoms with van der Waals surface area (Å²) in [6, 6.07) is 7.38. The third-order valence-electron chi connectivity index (χ3n) is 6.21. The number of nitrogens with zero attached hydrogens (tertiary/aromatic N) is 5. The predicted octanol–water partition coefficient (Wildman–Crippen LogP) is 3.89. The number of ether oxygens (including phenoxy) is 1. The lowest BCUT2D eigenvalue weighted by Gasteiger charge is -2.32. The minimum Gasteiger partial charge on any atom is -0.478 e. The van der Waals surface area contributed by atoms with E-state index in [1.165, 1.54) is 7.05 Å². The van der Waals surface area contributed by atoms with Crippen LogP contribution in [0.1, 0.15) is 33.6 Å². The number of aromatic nitrogens is 3. The highest BCUT2D eigenvalue weighted by Crippen LogP contribution is 2.28. The van der Waals surface area contributed by atoms with Crippen molar-refractivity contribution >= 4 is 45.9 Å². The van der Waals surface area contributed by atoms with Crippen molar-refractivity contribution in [3.63, 3.8) is 0 Å². The van der Waals surface area contributed by atoms with Gasteiger partial charge in [0.2, 0.25) is 5.95 Å². The number of carbonyl (C=O) groups is 1. The van der Waals surface area contributed by atoms with E-state index in [1.54, 1.807) is 16.8 Å². The molecule has 206 valence electrons. The summed E-state index contributed by atoms with van der Waals surface area (Å²) in [5.74, 6) is 0.973. The van der Waals surface area contributed by atoms with Gasteiger partial charge in [0.05, 0.1) is 11.7 Å². The van der Waals surface area contributed by atoms with Crippen LogP contribution in [-0.4, -0.2) is 72.2 Å². The first-order valence-electron chi connectivity index (χ1n) is 13.1. The summed E-state index contributed by atoms with van der Waals surface area (Å²) in [6.07, 6.45) is 3.40. The van der Waals surface area contributed by atoms with Gasteiger partial charge in [-0.15, -0.1) is 0 Å². The molecule has 0 spiro atoms. The van der Waals surface area contributed by atoms with Crippen molar-refractivity contribution in [2.75, 3.05) is 57.1 Å².